The summed E-state index contributed by atoms with van der Waals surface area (Å²) in [4.78, 5) is 3.35. The van der Waals surface area contributed by atoms with Crippen molar-refractivity contribution in [1.29, 1.82) is 0 Å². The molecule has 2 nitrogen and oxygen atoms in total. The van der Waals surface area contributed by atoms with Crippen LogP contribution in [0.25, 0.3) is 10.9 Å². The Labute approximate surface area is 88.1 Å². The van der Waals surface area contributed by atoms with Gasteiger partial charge in [0.25, 0.3) is 0 Å². The lowest BCUT2D eigenvalue weighted by Gasteiger charge is -1.95. The van der Waals surface area contributed by atoms with Gasteiger partial charge in [0.2, 0.25) is 0 Å². The van der Waals surface area contributed by atoms with Crippen molar-refractivity contribution in [2.24, 2.45) is 5.73 Å². The first kappa shape index (κ1) is 9.56. The van der Waals surface area contributed by atoms with Crippen LogP contribution >= 0.6 is 11.6 Å². The minimum atomic E-state index is 0.668. The number of fused-ring (bicyclic) bond motifs is 1. The van der Waals surface area contributed by atoms with Crippen LogP contribution in [0.3, 0.4) is 0 Å². The highest BCUT2D eigenvalue weighted by Gasteiger charge is 2.06. The van der Waals surface area contributed by atoms with Crippen LogP contribution in [0, 0.1) is 6.92 Å². The normalized spacial score (nSPS) is 11.1. The molecule has 0 spiro atoms. The van der Waals surface area contributed by atoms with E-state index in [9.17, 15) is 0 Å². The van der Waals surface area contributed by atoms with Gasteiger partial charge in [-0.15, -0.1) is 0 Å². The number of hydrogen-bond donors (Lipinski definition) is 2. The monoisotopic (exact) mass is 208 g/mol. The molecule has 0 aliphatic heterocycles. The Morgan fingerprint density at radius 1 is 1.43 bits per heavy atom. The SMILES string of the molecule is Cc1c(CCN)[nH]c2ccc(Cl)cc12. The summed E-state index contributed by atoms with van der Waals surface area (Å²) in [5.41, 5.74) is 9.14. The highest BCUT2D eigenvalue weighted by atomic mass is 35.5. The number of rotatable bonds is 2. The van der Waals surface area contributed by atoms with Crippen LogP contribution in [0.4, 0.5) is 0 Å². The predicted octanol–water partition coefficient (Wildman–Crippen LogP) is 2.63. The predicted molar refractivity (Wildman–Crippen MR) is 60.8 cm³/mol. The van der Waals surface area contributed by atoms with Crippen LogP contribution in [0.1, 0.15) is 11.3 Å². The second-order valence-electron chi connectivity index (χ2n) is 3.46. The third-order valence-corrected chi connectivity index (χ3v) is 2.75. The van der Waals surface area contributed by atoms with E-state index in [0.29, 0.717) is 6.54 Å². The van der Waals surface area contributed by atoms with Crippen LogP contribution in [0.15, 0.2) is 18.2 Å². The van der Waals surface area contributed by atoms with Crippen molar-refractivity contribution in [2.75, 3.05) is 6.54 Å². The van der Waals surface area contributed by atoms with Gasteiger partial charge in [-0.05, 0) is 37.2 Å². The lowest BCUT2D eigenvalue weighted by atomic mass is 10.1. The number of aryl methyl sites for hydroxylation is 1. The minimum absolute atomic E-state index is 0.668. The number of aromatic nitrogens is 1. The van der Waals surface area contributed by atoms with Crippen LogP contribution in [0.2, 0.25) is 5.02 Å². The van der Waals surface area contributed by atoms with Gasteiger partial charge in [-0.25, -0.2) is 0 Å². The molecule has 0 unspecified atom stereocenters. The molecule has 0 fully saturated rings. The van der Waals surface area contributed by atoms with E-state index in [1.165, 1.54) is 16.6 Å². The van der Waals surface area contributed by atoms with Gasteiger partial charge >= 0.3 is 0 Å². The molecule has 0 atom stereocenters. The maximum atomic E-state index is 5.94. The van der Waals surface area contributed by atoms with Crippen molar-refractivity contribution < 1.29 is 0 Å². The third-order valence-electron chi connectivity index (χ3n) is 2.52. The van der Waals surface area contributed by atoms with Gasteiger partial charge in [-0.1, -0.05) is 11.6 Å². The van der Waals surface area contributed by atoms with Crippen LogP contribution < -0.4 is 5.73 Å². The summed E-state index contributed by atoms with van der Waals surface area (Å²) in [6.07, 6.45) is 0.887. The number of nitrogens with two attached hydrogens (primary N) is 1. The zero-order valence-corrected chi connectivity index (χ0v) is 8.86. The topological polar surface area (TPSA) is 41.8 Å². The van der Waals surface area contributed by atoms with Gasteiger partial charge in [0.1, 0.15) is 0 Å². The third kappa shape index (κ3) is 1.51. The molecule has 0 bridgehead atoms. The zero-order valence-electron chi connectivity index (χ0n) is 8.10. The molecule has 14 heavy (non-hydrogen) atoms. The summed E-state index contributed by atoms with van der Waals surface area (Å²) in [5, 5.41) is 1.97. The average molecular weight is 209 g/mol. The van der Waals surface area contributed by atoms with E-state index in [4.69, 9.17) is 17.3 Å². The van der Waals surface area contributed by atoms with E-state index in [1.807, 2.05) is 18.2 Å². The maximum Gasteiger partial charge on any atom is 0.0459 e. The molecule has 3 heteroatoms. The van der Waals surface area contributed by atoms with E-state index >= 15 is 0 Å². The molecule has 1 heterocycles. The van der Waals surface area contributed by atoms with Gasteiger partial charge in [-0.2, -0.15) is 0 Å². The Morgan fingerprint density at radius 2 is 2.21 bits per heavy atom. The Bertz CT molecular complexity index is 460. The van der Waals surface area contributed by atoms with Crippen molar-refractivity contribution in [3.63, 3.8) is 0 Å². The van der Waals surface area contributed by atoms with Crippen molar-refractivity contribution in [2.45, 2.75) is 13.3 Å². The summed E-state index contributed by atoms with van der Waals surface area (Å²) in [6, 6.07) is 5.89. The molecule has 2 rings (SSSR count). The van der Waals surface area contributed by atoms with Gasteiger partial charge in [0, 0.05) is 28.0 Å². The Balaban J connectivity index is 2.62. The molecule has 74 valence electrons. The molecule has 1 aromatic heterocycles. The summed E-state index contributed by atoms with van der Waals surface area (Å²) in [7, 11) is 0. The molecule has 0 amide bonds. The standard InChI is InChI=1S/C11H13ClN2/c1-7-9-6-8(12)2-3-11(9)14-10(7)4-5-13/h2-3,6,14H,4-5,13H2,1H3. The zero-order chi connectivity index (χ0) is 10.1. The van der Waals surface area contributed by atoms with E-state index in [0.717, 1.165) is 17.0 Å². The minimum Gasteiger partial charge on any atom is -0.358 e. The first-order valence-electron chi connectivity index (χ1n) is 4.69. The van der Waals surface area contributed by atoms with Crippen LogP contribution in [0.5, 0.6) is 0 Å². The van der Waals surface area contributed by atoms with Crippen LogP contribution in [-0.4, -0.2) is 11.5 Å². The molecule has 0 radical (unpaired) electrons. The molecule has 0 aliphatic rings. The van der Waals surface area contributed by atoms with Crippen molar-refractivity contribution in [3.05, 3.63) is 34.5 Å². The number of nitrogens with one attached hydrogen (secondary N) is 1. The van der Waals surface area contributed by atoms with E-state index < -0.39 is 0 Å². The summed E-state index contributed by atoms with van der Waals surface area (Å²) < 4.78 is 0. The number of H-pyrrole nitrogens is 1. The van der Waals surface area contributed by atoms with E-state index in [1.54, 1.807) is 0 Å². The number of hydrogen-bond acceptors (Lipinski definition) is 1. The summed E-state index contributed by atoms with van der Waals surface area (Å²) >= 11 is 5.94. The van der Waals surface area contributed by atoms with E-state index in [2.05, 4.69) is 11.9 Å². The number of halogens is 1. The Hall–Kier alpha value is -0.990. The fourth-order valence-electron chi connectivity index (χ4n) is 1.75. The number of benzene rings is 1. The van der Waals surface area contributed by atoms with Gasteiger partial charge in [0.05, 0.1) is 0 Å². The second-order valence-corrected chi connectivity index (χ2v) is 3.89. The molecule has 0 saturated carbocycles. The highest BCUT2D eigenvalue weighted by Crippen LogP contribution is 2.24. The summed E-state index contributed by atoms with van der Waals surface area (Å²) in [5.74, 6) is 0. The smallest absolute Gasteiger partial charge is 0.0459 e. The van der Waals surface area contributed by atoms with Crippen molar-refractivity contribution in [1.82, 2.24) is 4.98 Å². The first-order chi connectivity index (χ1) is 6.72. The Kier molecular flexibility index (Phi) is 2.48. The van der Waals surface area contributed by atoms with E-state index in [-0.39, 0.29) is 0 Å². The second kappa shape index (κ2) is 3.64. The van der Waals surface area contributed by atoms with Crippen LogP contribution in [-0.2, 0) is 6.42 Å². The lowest BCUT2D eigenvalue weighted by molar-refractivity contribution is 0.930. The molecule has 3 N–H and O–H groups in total. The molecule has 0 saturated heterocycles. The quantitative estimate of drug-likeness (QED) is 0.783. The molecule has 0 aliphatic carbocycles. The molecular weight excluding hydrogens is 196 g/mol. The number of aromatic amines is 1. The Morgan fingerprint density at radius 3 is 2.93 bits per heavy atom. The average Bonchev–Trinajstić information content (AvgIpc) is 2.46. The fourth-order valence-corrected chi connectivity index (χ4v) is 1.92. The van der Waals surface area contributed by atoms with Gasteiger partial charge in [0.15, 0.2) is 0 Å². The van der Waals surface area contributed by atoms with Crippen molar-refractivity contribution >= 4 is 22.5 Å². The van der Waals surface area contributed by atoms with Gasteiger partial charge < -0.3 is 10.7 Å². The van der Waals surface area contributed by atoms with Crippen molar-refractivity contribution in [3.8, 4) is 0 Å². The highest BCUT2D eigenvalue weighted by molar-refractivity contribution is 6.31. The largest absolute Gasteiger partial charge is 0.358 e. The first-order valence-corrected chi connectivity index (χ1v) is 5.07. The lowest BCUT2D eigenvalue weighted by Crippen LogP contribution is -2.03. The summed E-state index contributed by atoms with van der Waals surface area (Å²) in [6.45, 7) is 2.77. The molecular formula is C11H13ClN2. The molecule has 1 aromatic carbocycles. The maximum absolute atomic E-state index is 5.94. The van der Waals surface area contributed by atoms with Gasteiger partial charge in [-0.3, -0.25) is 0 Å². The fraction of sp³-hybridized carbons (Fsp3) is 0.273. The molecule has 2 aromatic rings.